The van der Waals surface area contributed by atoms with Crippen LogP contribution in [-0.4, -0.2) is 19.0 Å². The Morgan fingerprint density at radius 3 is 2.78 bits per heavy atom. The number of hydrogen-bond acceptors (Lipinski definition) is 2. The molecule has 18 heavy (non-hydrogen) atoms. The van der Waals surface area contributed by atoms with Crippen LogP contribution in [0.4, 0.5) is 0 Å². The van der Waals surface area contributed by atoms with Crippen molar-refractivity contribution in [2.45, 2.75) is 32.7 Å². The van der Waals surface area contributed by atoms with Gasteiger partial charge in [0.05, 0.1) is 6.54 Å². The molecule has 98 valence electrons. The van der Waals surface area contributed by atoms with Gasteiger partial charge in [-0.05, 0) is 43.7 Å². The van der Waals surface area contributed by atoms with Gasteiger partial charge in [-0.15, -0.1) is 0 Å². The third kappa shape index (κ3) is 3.84. The van der Waals surface area contributed by atoms with Crippen LogP contribution < -0.4 is 10.6 Å². The molecular weight excluding hydrogens is 224 g/mol. The molecule has 1 aliphatic carbocycles. The lowest BCUT2D eigenvalue weighted by atomic mass is 10.0. The van der Waals surface area contributed by atoms with E-state index in [1.54, 1.807) is 0 Å². The van der Waals surface area contributed by atoms with Crippen molar-refractivity contribution in [3.63, 3.8) is 0 Å². The molecule has 1 saturated carbocycles. The van der Waals surface area contributed by atoms with E-state index < -0.39 is 0 Å². The maximum atomic E-state index is 11.6. The van der Waals surface area contributed by atoms with Gasteiger partial charge in [0.15, 0.2) is 0 Å². The van der Waals surface area contributed by atoms with Crippen LogP contribution in [-0.2, 0) is 4.79 Å². The van der Waals surface area contributed by atoms with Gasteiger partial charge in [0.25, 0.3) is 0 Å². The summed E-state index contributed by atoms with van der Waals surface area (Å²) in [5.41, 5.74) is 2.52. The molecular formula is C15H22N2O. The number of carbonyl (C=O) groups excluding carboxylic acids is 1. The molecule has 0 bridgehead atoms. The van der Waals surface area contributed by atoms with Crippen molar-refractivity contribution in [2.75, 3.05) is 13.1 Å². The summed E-state index contributed by atoms with van der Waals surface area (Å²) in [4.78, 5) is 11.6. The van der Waals surface area contributed by atoms with Gasteiger partial charge in [-0.25, -0.2) is 0 Å². The molecule has 0 unspecified atom stereocenters. The van der Waals surface area contributed by atoms with E-state index in [0.717, 1.165) is 12.5 Å². The first-order chi connectivity index (χ1) is 8.66. The molecule has 0 aromatic heterocycles. The summed E-state index contributed by atoms with van der Waals surface area (Å²) in [6.45, 7) is 5.43. The standard InChI is InChI=1S/C15H22N2O/c1-11-5-3-4-6-14(11)12(2)16-10-15(18)17-9-13-7-8-13/h3-6,12-13,16H,7-10H2,1-2H3,(H,17,18)/t12-/m0/s1. The second kappa shape index (κ2) is 6.01. The molecule has 3 heteroatoms. The molecule has 1 fully saturated rings. The maximum absolute atomic E-state index is 11.6. The van der Waals surface area contributed by atoms with E-state index in [0.29, 0.717) is 6.54 Å². The second-order valence-corrected chi connectivity index (χ2v) is 5.21. The Bertz CT molecular complexity index is 413. The lowest BCUT2D eigenvalue weighted by Gasteiger charge is -2.16. The summed E-state index contributed by atoms with van der Waals surface area (Å²) in [5, 5.41) is 6.24. The second-order valence-electron chi connectivity index (χ2n) is 5.21. The fraction of sp³-hybridized carbons (Fsp3) is 0.533. The summed E-state index contributed by atoms with van der Waals surface area (Å²) in [5.74, 6) is 0.838. The Balaban J connectivity index is 1.75. The number of hydrogen-bond donors (Lipinski definition) is 2. The van der Waals surface area contributed by atoms with E-state index >= 15 is 0 Å². The van der Waals surface area contributed by atoms with Gasteiger partial charge in [0.2, 0.25) is 5.91 Å². The quantitative estimate of drug-likeness (QED) is 0.807. The molecule has 0 heterocycles. The molecule has 0 radical (unpaired) electrons. The third-order valence-corrected chi connectivity index (χ3v) is 3.51. The van der Waals surface area contributed by atoms with Gasteiger partial charge in [-0.2, -0.15) is 0 Å². The fourth-order valence-electron chi connectivity index (χ4n) is 2.07. The molecule has 2 N–H and O–H groups in total. The Labute approximate surface area is 109 Å². The minimum Gasteiger partial charge on any atom is -0.355 e. The number of benzene rings is 1. The van der Waals surface area contributed by atoms with Crippen molar-refractivity contribution >= 4 is 5.91 Å². The predicted molar refractivity (Wildman–Crippen MR) is 73.3 cm³/mol. The van der Waals surface area contributed by atoms with Gasteiger partial charge >= 0.3 is 0 Å². The summed E-state index contributed by atoms with van der Waals surface area (Å²) < 4.78 is 0. The van der Waals surface area contributed by atoms with Crippen LogP contribution in [0.2, 0.25) is 0 Å². The smallest absolute Gasteiger partial charge is 0.233 e. The molecule has 1 aliphatic rings. The van der Waals surface area contributed by atoms with E-state index in [9.17, 15) is 4.79 Å². The number of nitrogens with one attached hydrogen (secondary N) is 2. The summed E-state index contributed by atoms with van der Waals surface area (Å²) in [7, 11) is 0. The molecule has 1 atom stereocenters. The first kappa shape index (κ1) is 13.1. The highest BCUT2D eigenvalue weighted by Crippen LogP contribution is 2.27. The van der Waals surface area contributed by atoms with Gasteiger partial charge in [0, 0.05) is 12.6 Å². The van der Waals surface area contributed by atoms with E-state index in [2.05, 4.69) is 36.6 Å². The average Bonchev–Trinajstić information content (AvgIpc) is 3.18. The zero-order valence-electron chi connectivity index (χ0n) is 11.2. The minimum absolute atomic E-state index is 0.0994. The minimum atomic E-state index is 0.0994. The van der Waals surface area contributed by atoms with Crippen LogP contribution in [0.3, 0.4) is 0 Å². The average molecular weight is 246 g/mol. The maximum Gasteiger partial charge on any atom is 0.233 e. The Morgan fingerprint density at radius 2 is 2.11 bits per heavy atom. The van der Waals surface area contributed by atoms with Crippen LogP contribution in [0.5, 0.6) is 0 Å². The van der Waals surface area contributed by atoms with Crippen LogP contribution >= 0.6 is 0 Å². The summed E-state index contributed by atoms with van der Waals surface area (Å²) >= 11 is 0. The number of rotatable bonds is 6. The van der Waals surface area contributed by atoms with Crippen molar-refractivity contribution in [2.24, 2.45) is 5.92 Å². The predicted octanol–water partition coefficient (Wildman–Crippen LogP) is 2.17. The molecule has 2 rings (SSSR count). The highest BCUT2D eigenvalue weighted by Gasteiger charge is 2.21. The topological polar surface area (TPSA) is 41.1 Å². The third-order valence-electron chi connectivity index (χ3n) is 3.51. The van der Waals surface area contributed by atoms with E-state index in [4.69, 9.17) is 0 Å². The molecule has 0 saturated heterocycles. The van der Waals surface area contributed by atoms with Gasteiger partial charge < -0.3 is 10.6 Å². The van der Waals surface area contributed by atoms with Gasteiger partial charge in [-0.3, -0.25) is 4.79 Å². The Kier molecular flexibility index (Phi) is 4.37. The van der Waals surface area contributed by atoms with Crippen molar-refractivity contribution in [3.8, 4) is 0 Å². The molecule has 0 aliphatic heterocycles. The lowest BCUT2D eigenvalue weighted by molar-refractivity contribution is -0.120. The van der Waals surface area contributed by atoms with E-state index in [-0.39, 0.29) is 11.9 Å². The largest absolute Gasteiger partial charge is 0.355 e. The number of carbonyl (C=O) groups is 1. The van der Waals surface area contributed by atoms with Crippen LogP contribution in [0.15, 0.2) is 24.3 Å². The number of amides is 1. The molecule has 1 aromatic rings. The first-order valence-electron chi connectivity index (χ1n) is 6.72. The van der Waals surface area contributed by atoms with Crippen molar-refractivity contribution in [1.82, 2.24) is 10.6 Å². The summed E-state index contributed by atoms with van der Waals surface area (Å²) in [6, 6.07) is 8.48. The van der Waals surface area contributed by atoms with Crippen LogP contribution in [0.25, 0.3) is 0 Å². The van der Waals surface area contributed by atoms with Gasteiger partial charge in [0.1, 0.15) is 0 Å². The normalized spacial score (nSPS) is 16.3. The van der Waals surface area contributed by atoms with Crippen molar-refractivity contribution < 1.29 is 4.79 Å². The first-order valence-corrected chi connectivity index (χ1v) is 6.72. The SMILES string of the molecule is Cc1ccccc1[C@H](C)NCC(=O)NCC1CC1. The summed E-state index contributed by atoms with van der Waals surface area (Å²) in [6.07, 6.45) is 2.54. The number of aryl methyl sites for hydroxylation is 1. The molecule has 1 aromatic carbocycles. The Hall–Kier alpha value is -1.35. The van der Waals surface area contributed by atoms with E-state index in [1.165, 1.54) is 24.0 Å². The van der Waals surface area contributed by atoms with Crippen molar-refractivity contribution in [3.05, 3.63) is 35.4 Å². The zero-order valence-corrected chi connectivity index (χ0v) is 11.2. The lowest BCUT2D eigenvalue weighted by Crippen LogP contribution is -2.36. The molecule has 3 nitrogen and oxygen atoms in total. The highest BCUT2D eigenvalue weighted by atomic mass is 16.1. The fourth-order valence-corrected chi connectivity index (χ4v) is 2.07. The van der Waals surface area contributed by atoms with Crippen LogP contribution in [0.1, 0.15) is 36.9 Å². The monoisotopic (exact) mass is 246 g/mol. The molecule has 1 amide bonds. The Morgan fingerprint density at radius 1 is 1.39 bits per heavy atom. The van der Waals surface area contributed by atoms with Gasteiger partial charge in [-0.1, -0.05) is 24.3 Å². The van der Waals surface area contributed by atoms with E-state index in [1.807, 2.05) is 12.1 Å². The zero-order chi connectivity index (χ0) is 13.0. The molecule has 0 spiro atoms. The van der Waals surface area contributed by atoms with Crippen LogP contribution in [0, 0.1) is 12.8 Å². The highest BCUT2D eigenvalue weighted by molar-refractivity contribution is 5.78. The van der Waals surface area contributed by atoms with Crippen molar-refractivity contribution in [1.29, 1.82) is 0 Å².